The quantitative estimate of drug-likeness (QED) is 0.530. The number of nitrogens with zero attached hydrogens (tertiary/aromatic N) is 2. The molecule has 0 unspecified atom stereocenters. The third kappa shape index (κ3) is 3.92. The van der Waals surface area contributed by atoms with E-state index >= 15 is 0 Å². The number of aromatic amines is 1. The van der Waals surface area contributed by atoms with Crippen LogP contribution in [0.15, 0.2) is 30.0 Å². The number of rotatable bonds is 5. The van der Waals surface area contributed by atoms with Crippen molar-refractivity contribution in [2.24, 2.45) is 11.8 Å². The van der Waals surface area contributed by atoms with Gasteiger partial charge in [-0.05, 0) is 61.6 Å². The van der Waals surface area contributed by atoms with E-state index in [0.29, 0.717) is 5.92 Å². The second-order valence-electron chi connectivity index (χ2n) is 9.83. The molecule has 5 rings (SSSR count). The van der Waals surface area contributed by atoms with E-state index in [1.807, 2.05) is 11.0 Å². The summed E-state index contributed by atoms with van der Waals surface area (Å²) >= 11 is 0. The van der Waals surface area contributed by atoms with Crippen molar-refractivity contribution in [3.8, 4) is 5.75 Å². The Kier molecular flexibility index (Phi) is 6.37. The van der Waals surface area contributed by atoms with Gasteiger partial charge in [0.1, 0.15) is 5.75 Å². The summed E-state index contributed by atoms with van der Waals surface area (Å²) in [6, 6.07) is 6.53. The first-order valence-corrected chi connectivity index (χ1v) is 12.6. The Balaban J connectivity index is 1.50. The highest BCUT2D eigenvalue weighted by Gasteiger charge is 2.43. The second kappa shape index (κ2) is 9.41. The molecule has 33 heavy (non-hydrogen) atoms. The van der Waals surface area contributed by atoms with Gasteiger partial charge in [-0.15, -0.1) is 0 Å². The minimum atomic E-state index is 0.183. The van der Waals surface area contributed by atoms with Gasteiger partial charge in [-0.3, -0.25) is 9.69 Å². The van der Waals surface area contributed by atoms with E-state index < -0.39 is 0 Å². The van der Waals surface area contributed by atoms with Gasteiger partial charge < -0.3 is 19.4 Å². The molecule has 0 spiro atoms. The van der Waals surface area contributed by atoms with E-state index in [2.05, 4.69) is 28.9 Å². The van der Waals surface area contributed by atoms with Crippen molar-refractivity contribution in [1.82, 2.24) is 14.8 Å². The molecular formula is C27H37N3O3. The van der Waals surface area contributed by atoms with Crippen molar-refractivity contribution < 1.29 is 14.3 Å². The Morgan fingerprint density at radius 2 is 2.00 bits per heavy atom. The lowest BCUT2D eigenvalue weighted by molar-refractivity contribution is -0.129. The summed E-state index contributed by atoms with van der Waals surface area (Å²) in [6.45, 7) is 6.06. The Bertz CT molecular complexity index is 1040. The Hall–Kier alpha value is -2.47. The van der Waals surface area contributed by atoms with Gasteiger partial charge in [-0.2, -0.15) is 0 Å². The summed E-state index contributed by atoms with van der Waals surface area (Å²) < 4.78 is 11.2. The van der Waals surface area contributed by atoms with E-state index in [-0.39, 0.29) is 17.9 Å². The van der Waals surface area contributed by atoms with E-state index in [9.17, 15) is 4.79 Å². The number of fused-ring (bicyclic) bond motifs is 5. The van der Waals surface area contributed by atoms with Gasteiger partial charge in [0, 0.05) is 42.8 Å². The number of methoxy groups -OCH3 is 2. The number of likely N-dealkylation sites (tertiary alicyclic amines) is 1. The van der Waals surface area contributed by atoms with Crippen LogP contribution in [0.25, 0.3) is 10.9 Å². The number of carbonyl (C=O) groups is 1. The van der Waals surface area contributed by atoms with Crippen molar-refractivity contribution in [3.63, 3.8) is 0 Å². The van der Waals surface area contributed by atoms with Gasteiger partial charge in [0.15, 0.2) is 0 Å². The van der Waals surface area contributed by atoms with Crippen LogP contribution in [-0.4, -0.2) is 61.1 Å². The van der Waals surface area contributed by atoms with Crippen LogP contribution < -0.4 is 4.74 Å². The molecular weight excluding hydrogens is 414 g/mol. The van der Waals surface area contributed by atoms with Crippen LogP contribution in [0, 0.1) is 11.8 Å². The molecule has 0 bridgehead atoms. The number of carbonyl (C=O) groups excluding carboxylic acids is 1. The molecule has 2 aromatic rings. The summed E-state index contributed by atoms with van der Waals surface area (Å²) in [5.41, 5.74) is 4.71. The minimum Gasteiger partial charge on any atom is -0.504 e. The lowest BCUT2D eigenvalue weighted by Crippen LogP contribution is -2.48. The number of aromatic nitrogens is 1. The fourth-order valence-electron chi connectivity index (χ4n) is 6.45. The molecule has 4 heterocycles. The molecule has 6 nitrogen and oxygen atoms in total. The van der Waals surface area contributed by atoms with E-state index in [1.165, 1.54) is 23.1 Å². The van der Waals surface area contributed by atoms with Crippen LogP contribution in [0.1, 0.15) is 56.3 Å². The summed E-state index contributed by atoms with van der Waals surface area (Å²) in [4.78, 5) is 22.0. The molecule has 0 aliphatic carbocycles. The maximum absolute atomic E-state index is 13.6. The van der Waals surface area contributed by atoms with Gasteiger partial charge in [-0.1, -0.05) is 19.4 Å². The molecule has 1 aromatic heterocycles. The highest BCUT2D eigenvalue weighted by molar-refractivity contribution is 5.94. The molecule has 0 saturated carbocycles. The minimum absolute atomic E-state index is 0.183. The maximum atomic E-state index is 13.6. The molecule has 178 valence electrons. The van der Waals surface area contributed by atoms with Crippen LogP contribution in [0.5, 0.6) is 5.75 Å². The molecule has 3 aliphatic rings. The Morgan fingerprint density at radius 3 is 2.73 bits per heavy atom. The SMILES string of the molecule is CC[C@@H]1CN2CCc3c([nH]c4cccc(OC)c34)[C@@H]2C[C@@H]1/C(=C\OC)C(=O)N1CCCCC1. The zero-order valence-corrected chi connectivity index (χ0v) is 20.2. The van der Waals surface area contributed by atoms with Gasteiger partial charge in [0.2, 0.25) is 0 Å². The molecule has 3 aliphatic heterocycles. The average Bonchev–Trinajstić information content (AvgIpc) is 3.26. The fourth-order valence-corrected chi connectivity index (χ4v) is 6.45. The number of piperidine rings is 2. The first-order chi connectivity index (χ1) is 16.2. The first kappa shape index (κ1) is 22.3. The number of ether oxygens (including phenoxy) is 2. The Labute approximate surface area is 196 Å². The molecule has 2 saturated heterocycles. The van der Waals surface area contributed by atoms with Crippen LogP contribution in [0.3, 0.4) is 0 Å². The largest absolute Gasteiger partial charge is 0.504 e. The third-order valence-corrected chi connectivity index (χ3v) is 8.14. The van der Waals surface area contributed by atoms with Crippen LogP contribution in [-0.2, 0) is 16.0 Å². The van der Waals surface area contributed by atoms with Crippen molar-refractivity contribution in [3.05, 3.63) is 41.3 Å². The summed E-state index contributed by atoms with van der Waals surface area (Å²) in [5.74, 6) is 1.78. The van der Waals surface area contributed by atoms with Crippen molar-refractivity contribution in [2.75, 3.05) is 40.4 Å². The molecule has 1 N–H and O–H groups in total. The number of amides is 1. The van der Waals surface area contributed by atoms with Crippen LogP contribution >= 0.6 is 0 Å². The molecule has 6 heteroatoms. The van der Waals surface area contributed by atoms with E-state index in [4.69, 9.17) is 9.47 Å². The van der Waals surface area contributed by atoms with Crippen molar-refractivity contribution >= 4 is 16.8 Å². The zero-order chi connectivity index (χ0) is 22.9. The number of nitrogens with one attached hydrogen (secondary N) is 1. The maximum Gasteiger partial charge on any atom is 0.253 e. The smallest absolute Gasteiger partial charge is 0.253 e. The summed E-state index contributed by atoms with van der Waals surface area (Å²) in [6.07, 6.45) is 8.20. The van der Waals surface area contributed by atoms with Gasteiger partial charge in [0.25, 0.3) is 5.91 Å². The van der Waals surface area contributed by atoms with Gasteiger partial charge in [-0.25, -0.2) is 0 Å². The van der Waals surface area contributed by atoms with Crippen LogP contribution in [0.4, 0.5) is 0 Å². The topological polar surface area (TPSA) is 57.8 Å². The van der Waals surface area contributed by atoms with Crippen LogP contribution in [0.2, 0.25) is 0 Å². The monoisotopic (exact) mass is 451 g/mol. The number of hydrogen-bond donors (Lipinski definition) is 1. The summed E-state index contributed by atoms with van der Waals surface area (Å²) in [7, 11) is 3.42. The first-order valence-electron chi connectivity index (χ1n) is 12.6. The molecule has 3 atom stereocenters. The number of benzene rings is 1. The Morgan fingerprint density at radius 1 is 1.18 bits per heavy atom. The molecule has 1 aromatic carbocycles. The number of H-pyrrole nitrogens is 1. The predicted molar refractivity (Wildman–Crippen MR) is 130 cm³/mol. The summed E-state index contributed by atoms with van der Waals surface area (Å²) in [5, 5.41) is 1.22. The highest BCUT2D eigenvalue weighted by Crippen LogP contribution is 2.47. The molecule has 2 fully saturated rings. The van der Waals surface area contributed by atoms with E-state index in [1.54, 1.807) is 20.5 Å². The van der Waals surface area contributed by atoms with E-state index in [0.717, 1.165) is 75.1 Å². The fraction of sp³-hybridized carbons (Fsp3) is 0.593. The molecule has 1 amide bonds. The normalized spacial score (nSPS) is 26.1. The lowest BCUT2D eigenvalue weighted by Gasteiger charge is -2.47. The average molecular weight is 452 g/mol. The van der Waals surface area contributed by atoms with Crippen molar-refractivity contribution in [2.45, 2.75) is 51.5 Å². The highest BCUT2D eigenvalue weighted by atomic mass is 16.5. The second-order valence-corrected chi connectivity index (χ2v) is 9.83. The standard InChI is InChI=1S/C27H37N3O3/c1-4-18-16-30-14-11-19-25-22(9-8-10-24(25)33-3)28-26(19)23(30)15-20(18)21(17-32-2)27(31)29-12-6-5-7-13-29/h8-10,17-18,20,23,28H,4-7,11-16H2,1-3H3/b21-17+/t18-,20+,23+/m1/s1. The van der Waals surface area contributed by atoms with Gasteiger partial charge in [0.05, 0.1) is 32.1 Å². The third-order valence-electron chi connectivity index (χ3n) is 8.14. The predicted octanol–water partition coefficient (Wildman–Crippen LogP) is 4.66. The zero-order valence-electron chi connectivity index (χ0n) is 20.2. The van der Waals surface area contributed by atoms with Gasteiger partial charge >= 0.3 is 0 Å². The lowest BCUT2D eigenvalue weighted by atomic mass is 9.73. The van der Waals surface area contributed by atoms with Crippen molar-refractivity contribution in [1.29, 1.82) is 0 Å². The molecule has 0 radical (unpaired) electrons. The number of hydrogen-bond acceptors (Lipinski definition) is 4.